The average Bonchev–Trinajstić information content (AvgIpc) is 2.39. The smallest absolute Gasteiger partial charge is 0.319 e. The topological polar surface area (TPSA) is 26.3 Å². The van der Waals surface area contributed by atoms with Crippen LogP contribution in [0.5, 0.6) is 0 Å². The zero-order valence-electron chi connectivity index (χ0n) is 6.65. The van der Waals surface area contributed by atoms with Gasteiger partial charge in [-0.25, -0.2) is 0 Å². The number of carbonyl (C=O) groups is 1. The summed E-state index contributed by atoms with van der Waals surface area (Å²) in [5.74, 6) is -0.146. The van der Waals surface area contributed by atoms with E-state index in [-0.39, 0.29) is 11.9 Å². The van der Waals surface area contributed by atoms with Crippen LogP contribution in [0, 0.1) is 5.92 Å². The van der Waals surface area contributed by atoms with E-state index in [0.29, 0.717) is 0 Å². The first kappa shape index (κ1) is 8.40. The van der Waals surface area contributed by atoms with Gasteiger partial charge in [0.2, 0.25) is 0 Å². The zero-order valence-corrected chi connectivity index (χ0v) is 7.54. The fourth-order valence-corrected chi connectivity index (χ4v) is 1.77. The van der Waals surface area contributed by atoms with Gasteiger partial charge in [-0.15, -0.1) is 0 Å². The molecule has 0 atom stereocenters. The molecule has 1 rings (SSSR count). The highest BCUT2D eigenvalue weighted by molar-refractivity contribution is 8.18. The molecule has 3 heteroatoms. The predicted molar refractivity (Wildman–Crippen MR) is 48.2 cm³/mol. The van der Waals surface area contributed by atoms with E-state index in [9.17, 15) is 4.79 Å². The molecule has 0 N–H and O–H groups in total. The largest absolute Gasteiger partial charge is 0.410 e. The van der Waals surface area contributed by atoms with Gasteiger partial charge < -0.3 is 4.18 Å². The maximum Gasteiger partial charge on any atom is 0.319 e. The standard InChI is InChI=1S/C8H12O2S/c1-7(2)8(9)10-11-5-3-4-6-11/h3-7,11H,1-2H3. The molecule has 1 aliphatic rings. The van der Waals surface area contributed by atoms with Crippen LogP contribution >= 0.6 is 11.2 Å². The van der Waals surface area contributed by atoms with Crippen molar-refractivity contribution in [3.05, 3.63) is 23.0 Å². The predicted octanol–water partition coefficient (Wildman–Crippen LogP) is 2.14. The van der Waals surface area contributed by atoms with Crippen molar-refractivity contribution < 1.29 is 8.98 Å². The van der Waals surface area contributed by atoms with Gasteiger partial charge in [0, 0.05) is 0 Å². The Balaban J connectivity index is 2.36. The van der Waals surface area contributed by atoms with Crippen LogP contribution in [0.3, 0.4) is 0 Å². The van der Waals surface area contributed by atoms with Crippen molar-refractivity contribution in [1.82, 2.24) is 0 Å². The van der Waals surface area contributed by atoms with Crippen LogP contribution in [0.15, 0.2) is 23.0 Å². The summed E-state index contributed by atoms with van der Waals surface area (Å²) in [4.78, 5) is 11.0. The van der Waals surface area contributed by atoms with Gasteiger partial charge in [0.05, 0.1) is 5.92 Å². The van der Waals surface area contributed by atoms with Gasteiger partial charge in [-0.1, -0.05) is 37.2 Å². The van der Waals surface area contributed by atoms with E-state index in [1.54, 1.807) is 0 Å². The molecule has 0 aliphatic carbocycles. The molecule has 0 saturated carbocycles. The van der Waals surface area contributed by atoms with E-state index in [1.165, 1.54) is 0 Å². The van der Waals surface area contributed by atoms with Crippen LogP contribution < -0.4 is 0 Å². The number of carbonyl (C=O) groups excluding carboxylic acids is 1. The highest BCUT2D eigenvalue weighted by Crippen LogP contribution is 2.34. The van der Waals surface area contributed by atoms with E-state index >= 15 is 0 Å². The van der Waals surface area contributed by atoms with E-state index < -0.39 is 11.2 Å². The Labute approximate surface area is 69.5 Å². The quantitative estimate of drug-likeness (QED) is 0.646. The van der Waals surface area contributed by atoms with Crippen molar-refractivity contribution in [2.75, 3.05) is 0 Å². The van der Waals surface area contributed by atoms with Crippen LogP contribution in [0.1, 0.15) is 13.8 Å². The summed E-state index contributed by atoms with van der Waals surface area (Å²) in [6.07, 6.45) is 3.80. The molecule has 0 unspecified atom stereocenters. The molecular weight excluding hydrogens is 160 g/mol. The minimum absolute atomic E-state index is 0.0279. The summed E-state index contributed by atoms with van der Waals surface area (Å²) in [6, 6.07) is 0. The minimum Gasteiger partial charge on any atom is -0.410 e. The van der Waals surface area contributed by atoms with Crippen molar-refractivity contribution in [1.29, 1.82) is 0 Å². The lowest BCUT2D eigenvalue weighted by Gasteiger charge is -2.12. The molecule has 0 radical (unpaired) electrons. The van der Waals surface area contributed by atoms with Gasteiger partial charge in [-0.05, 0) is 10.8 Å². The molecular formula is C8H12O2S. The lowest BCUT2D eigenvalue weighted by atomic mass is 10.2. The Morgan fingerprint density at radius 2 is 1.91 bits per heavy atom. The van der Waals surface area contributed by atoms with Crippen molar-refractivity contribution in [3.63, 3.8) is 0 Å². The fourth-order valence-electron chi connectivity index (χ4n) is 0.589. The zero-order chi connectivity index (χ0) is 8.27. The molecule has 0 aromatic heterocycles. The molecule has 2 nitrogen and oxygen atoms in total. The van der Waals surface area contributed by atoms with Crippen molar-refractivity contribution in [3.8, 4) is 0 Å². The molecule has 0 saturated heterocycles. The molecule has 0 aromatic carbocycles. The molecule has 0 amide bonds. The molecule has 11 heavy (non-hydrogen) atoms. The van der Waals surface area contributed by atoms with Crippen molar-refractivity contribution in [2.45, 2.75) is 13.8 Å². The van der Waals surface area contributed by atoms with Gasteiger partial charge in [-0.3, -0.25) is 4.79 Å². The maximum absolute atomic E-state index is 11.0. The highest BCUT2D eigenvalue weighted by Gasteiger charge is 2.11. The molecule has 0 bridgehead atoms. The second-order valence-corrected chi connectivity index (χ2v) is 4.11. The second kappa shape index (κ2) is 3.62. The van der Waals surface area contributed by atoms with Crippen molar-refractivity contribution in [2.24, 2.45) is 5.92 Å². The molecule has 0 fully saturated rings. The third-order valence-corrected chi connectivity index (χ3v) is 2.57. The van der Waals surface area contributed by atoms with E-state index in [0.717, 1.165) is 0 Å². The summed E-state index contributed by atoms with van der Waals surface area (Å²) < 4.78 is 5.12. The average molecular weight is 172 g/mol. The normalized spacial score (nSPS) is 17.9. The number of rotatable bonds is 2. The van der Waals surface area contributed by atoms with Crippen molar-refractivity contribution >= 4 is 17.1 Å². The molecule has 0 aromatic rings. The van der Waals surface area contributed by atoms with Crippen LogP contribution in [0.25, 0.3) is 0 Å². The Morgan fingerprint density at radius 3 is 2.36 bits per heavy atom. The van der Waals surface area contributed by atoms with E-state index in [2.05, 4.69) is 0 Å². The molecule has 1 heterocycles. The Hall–Kier alpha value is -0.700. The molecule has 0 spiro atoms. The maximum atomic E-state index is 11.0. The summed E-state index contributed by atoms with van der Waals surface area (Å²) in [7, 11) is 0. The number of thiol groups is 1. The van der Waals surface area contributed by atoms with Crippen LogP contribution in [-0.2, 0) is 8.98 Å². The number of hydrogen-bond acceptors (Lipinski definition) is 2. The molecule has 62 valence electrons. The summed E-state index contributed by atoms with van der Waals surface area (Å²) in [6.45, 7) is 3.67. The van der Waals surface area contributed by atoms with Gasteiger partial charge in [0.1, 0.15) is 0 Å². The third-order valence-electron chi connectivity index (χ3n) is 1.24. The Kier molecular flexibility index (Phi) is 2.76. The summed E-state index contributed by atoms with van der Waals surface area (Å²) >= 11 is -0.728. The van der Waals surface area contributed by atoms with Crippen LogP contribution in [0.4, 0.5) is 0 Å². The van der Waals surface area contributed by atoms with Gasteiger partial charge >= 0.3 is 5.97 Å². The van der Waals surface area contributed by atoms with E-state index in [1.807, 2.05) is 36.8 Å². The number of allylic oxidation sites excluding steroid dienone is 2. The second-order valence-electron chi connectivity index (χ2n) is 2.61. The first-order valence-electron chi connectivity index (χ1n) is 3.55. The van der Waals surface area contributed by atoms with Gasteiger partial charge in [0.25, 0.3) is 0 Å². The minimum atomic E-state index is -0.728. The Bertz CT molecular complexity index is 194. The first-order chi connectivity index (χ1) is 5.20. The van der Waals surface area contributed by atoms with Gasteiger partial charge in [0.15, 0.2) is 0 Å². The van der Waals surface area contributed by atoms with E-state index in [4.69, 9.17) is 4.18 Å². The van der Waals surface area contributed by atoms with Gasteiger partial charge in [-0.2, -0.15) is 0 Å². The summed E-state index contributed by atoms with van der Waals surface area (Å²) in [5, 5.41) is 3.82. The SMILES string of the molecule is CC(C)C(=O)O[SH]1C=CC=C1. The Morgan fingerprint density at radius 1 is 1.36 bits per heavy atom. The van der Waals surface area contributed by atoms with Crippen LogP contribution in [-0.4, -0.2) is 5.97 Å². The van der Waals surface area contributed by atoms with Crippen LogP contribution in [0.2, 0.25) is 0 Å². The third kappa shape index (κ3) is 2.42. The highest BCUT2D eigenvalue weighted by atomic mass is 32.2. The number of hydrogen-bond donors (Lipinski definition) is 1. The fraction of sp³-hybridized carbons (Fsp3) is 0.375. The monoisotopic (exact) mass is 172 g/mol. The lowest BCUT2D eigenvalue weighted by Crippen LogP contribution is -2.08. The molecule has 1 aliphatic heterocycles. The summed E-state index contributed by atoms with van der Waals surface area (Å²) in [5.41, 5.74) is 0. The first-order valence-corrected chi connectivity index (χ1v) is 4.95. The lowest BCUT2D eigenvalue weighted by molar-refractivity contribution is -0.136.